The van der Waals surface area contributed by atoms with E-state index in [2.05, 4.69) is 37.1 Å². The molecule has 1 aromatic carbocycles. The quantitative estimate of drug-likeness (QED) is 0.833. The Bertz CT molecular complexity index is 407. The average Bonchev–Trinajstić information content (AvgIpc) is 2.63. The molecule has 1 heterocycles. The fourth-order valence-corrected chi connectivity index (χ4v) is 2.83. The van der Waals surface area contributed by atoms with Crippen LogP contribution in [0.2, 0.25) is 0 Å². The van der Waals surface area contributed by atoms with Crippen molar-refractivity contribution in [1.82, 2.24) is 4.90 Å². The molecule has 1 aliphatic rings. The Morgan fingerprint density at radius 2 is 2.21 bits per heavy atom. The van der Waals surface area contributed by atoms with Crippen molar-refractivity contribution in [2.24, 2.45) is 0 Å². The van der Waals surface area contributed by atoms with Gasteiger partial charge < -0.3 is 14.4 Å². The van der Waals surface area contributed by atoms with Crippen molar-refractivity contribution >= 4 is 0 Å². The number of rotatable bonds is 4. The van der Waals surface area contributed by atoms with Crippen LogP contribution in [0.25, 0.3) is 0 Å². The number of hydrogen-bond acceptors (Lipinski definition) is 3. The summed E-state index contributed by atoms with van der Waals surface area (Å²) in [5.41, 5.74) is 1.11. The van der Waals surface area contributed by atoms with Crippen LogP contribution in [0, 0.1) is 0 Å². The third-order valence-electron chi connectivity index (χ3n) is 4.00. The van der Waals surface area contributed by atoms with Gasteiger partial charge in [-0.1, -0.05) is 25.5 Å². The van der Waals surface area contributed by atoms with E-state index in [0.717, 1.165) is 44.7 Å². The second kappa shape index (κ2) is 6.40. The van der Waals surface area contributed by atoms with Gasteiger partial charge in [0.2, 0.25) is 0 Å². The fourth-order valence-electron chi connectivity index (χ4n) is 2.83. The molecule has 1 saturated heterocycles. The van der Waals surface area contributed by atoms with E-state index >= 15 is 0 Å². The Morgan fingerprint density at radius 1 is 1.37 bits per heavy atom. The molecule has 1 aliphatic heterocycles. The van der Waals surface area contributed by atoms with E-state index in [1.165, 1.54) is 5.56 Å². The van der Waals surface area contributed by atoms with Crippen LogP contribution in [0.3, 0.4) is 0 Å². The molecule has 0 aromatic heterocycles. The van der Waals surface area contributed by atoms with Crippen molar-refractivity contribution < 1.29 is 9.47 Å². The van der Waals surface area contributed by atoms with Gasteiger partial charge >= 0.3 is 0 Å². The number of hydrogen-bond donors (Lipinski definition) is 0. The summed E-state index contributed by atoms with van der Waals surface area (Å²) >= 11 is 0. The summed E-state index contributed by atoms with van der Waals surface area (Å²) in [6.45, 7) is 5.11. The minimum absolute atomic E-state index is 0.145. The number of likely N-dealkylation sites (N-methyl/N-ethyl adjacent to an activating group) is 1. The lowest BCUT2D eigenvalue weighted by Crippen LogP contribution is -2.30. The number of methoxy groups -OCH3 is 1. The lowest BCUT2D eigenvalue weighted by atomic mass is 9.85. The first-order valence-corrected chi connectivity index (χ1v) is 7.17. The highest BCUT2D eigenvalue weighted by Gasteiger charge is 2.34. The Kier molecular flexibility index (Phi) is 4.83. The summed E-state index contributed by atoms with van der Waals surface area (Å²) in [7, 11) is 3.88. The highest BCUT2D eigenvalue weighted by atomic mass is 16.5. The molecular weight excluding hydrogens is 238 g/mol. The summed E-state index contributed by atoms with van der Waals surface area (Å²) in [4.78, 5) is 2.34. The predicted molar refractivity (Wildman–Crippen MR) is 77.6 cm³/mol. The van der Waals surface area contributed by atoms with E-state index in [1.54, 1.807) is 7.11 Å². The van der Waals surface area contributed by atoms with Gasteiger partial charge in [0.1, 0.15) is 5.75 Å². The first-order valence-electron chi connectivity index (χ1n) is 7.17. The van der Waals surface area contributed by atoms with Crippen molar-refractivity contribution in [2.75, 3.05) is 33.9 Å². The summed E-state index contributed by atoms with van der Waals surface area (Å²) in [6.07, 6.45) is 3.24. The largest absolute Gasteiger partial charge is 0.497 e. The highest BCUT2D eigenvalue weighted by Crippen LogP contribution is 2.37. The molecule has 0 saturated carbocycles. The molecule has 0 spiro atoms. The molecule has 19 heavy (non-hydrogen) atoms. The molecule has 0 aliphatic carbocycles. The molecule has 1 fully saturated rings. The third kappa shape index (κ3) is 3.28. The van der Waals surface area contributed by atoms with Gasteiger partial charge in [-0.3, -0.25) is 0 Å². The first-order chi connectivity index (χ1) is 9.20. The molecule has 0 N–H and O–H groups in total. The van der Waals surface area contributed by atoms with Crippen LogP contribution in [-0.2, 0) is 10.3 Å². The zero-order chi connectivity index (χ0) is 13.7. The topological polar surface area (TPSA) is 21.7 Å². The van der Waals surface area contributed by atoms with Crippen LogP contribution < -0.4 is 4.74 Å². The standard InChI is InChI=1S/C16H25NO2/c1-4-8-16(9-10-17(2)11-12-19-16)14-6-5-7-15(13-14)18-3/h5-7,13H,4,8-12H2,1-3H3. The van der Waals surface area contributed by atoms with Crippen LogP contribution >= 0.6 is 0 Å². The van der Waals surface area contributed by atoms with E-state index in [4.69, 9.17) is 9.47 Å². The van der Waals surface area contributed by atoms with Crippen LogP contribution in [0.1, 0.15) is 31.7 Å². The van der Waals surface area contributed by atoms with Gasteiger partial charge in [0.15, 0.2) is 0 Å². The number of ether oxygens (including phenoxy) is 2. The van der Waals surface area contributed by atoms with Crippen LogP contribution in [0.15, 0.2) is 24.3 Å². The summed E-state index contributed by atoms with van der Waals surface area (Å²) < 4.78 is 11.6. The second-order valence-electron chi connectivity index (χ2n) is 5.38. The smallest absolute Gasteiger partial charge is 0.119 e. The maximum Gasteiger partial charge on any atom is 0.119 e. The Hall–Kier alpha value is -1.06. The van der Waals surface area contributed by atoms with Gasteiger partial charge in [-0.25, -0.2) is 0 Å². The zero-order valence-electron chi connectivity index (χ0n) is 12.3. The molecule has 106 valence electrons. The molecule has 3 heteroatoms. The molecule has 1 unspecified atom stereocenters. The van der Waals surface area contributed by atoms with Crippen molar-refractivity contribution in [1.29, 1.82) is 0 Å². The average molecular weight is 263 g/mol. The van der Waals surface area contributed by atoms with Crippen LogP contribution in [0.5, 0.6) is 5.75 Å². The third-order valence-corrected chi connectivity index (χ3v) is 4.00. The predicted octanol–water partition coefficient (Wildman–Crippen LogP) is 3.04. The molecule has 0 bridgehead atoms. The summed E-state index contributed by atoms with van der Waals surface area (Å²) in [5.74, 6) is 0.911. The molecule has 1 atom stereocenters. The van der Waals surface area contributed by atoms with Crippen LogP contribution in [0.4, 0.5) is 0 Å². The normalized spacial score (nSPS) is 25.0. The van der Waals surface area contributed by atoms with Gasteiger partial charge in [-0.2, -0.15) is 0 Å². The minimum Gasteiger partial charge on any atom is -0.497 e. The zero-order valence-corrected chi connectivity index (χ0v) is 12.3. The van der Waals surface area contributed by atoms with Crippen molar-refractivity contribution in [3.63, 3.8) is 0 Å². The maximum absolute atomic E-state index is 6.29. The highest BCUT2D eigenvalue weighted by molar-refractivity contribution is 5.32. The molecule has 3 nitrogen and oxygen atoms in total. The monoisotopic (exact) mass is 263 g/mol. The second-order valence-corrected chi connectivity index (χ2v) is 5.38. The van der Waals surface area contributed by atoms with Gasteiger partial charge in [-0.05, 0) is 37.6 Å². The van der Waals surface area contributed by atoms with Crippen molar-refractivity contribution in [2.45, 2.75) is 31.8 Å². The molecule has 1 aromatic rings. The van der Waals surface area contributed by atoms with E-state index in [1.807, 2.05) is 6.07 Å². The minimum atomic E-state index is -0.145. The van der Waals surface area contributed by atoms with Gasteiger partial charge in [0, 0.05) is 13.1 Å². The molecule has 2 rings (SSSR count). The summed E-state index contributed by atoms with van der Waals surface area (Å²) in [5, 5.41) is 0. The Morgan fingerprint density at radius 3 is 2.95 bits per heavy atom. The van der Waals surface area contributed by atoms with Crippen molar-refractivity contribution in [3.05, 3.63) is 29.8 Å². The van der Waals surface area contributed by atoms with Crippen LogP contribution in [-0.4, -0.2) is 38.8 Å². The lowest BCUT2D eigenvalue weighted by molar-refractivity contribution is -0.0504. The van der Waals surface area contributed by atoms with E-state index in [9.17, 15) is 0 Å². The van der Waals surface area contributed by atoms with Gasteiger partial charge in [0.05, 0.1) is 19.3 Å². The van der Waals surface area contributed by atoms with Gasteiger partial charge in [0.25, 0.3) is 0 Å². The lowest BCUT2D eigenvalue weighted by Gasteiger charge is -2.33. The van der Waals surface area contributed by atoms with Gasteiger partial charge in [-0.15, -0.1) is 0 Å². The fraction of sp³-hybridized carbons (Fsp3) is 0.625. The van der Waals surface area contributed by atoms with Crippen molar-refractivity contribution in [3.8, 4) is 5.75 Å². The number of benzene rings is 1. The molecular formula is C16H25NO2. The van der Waals surface area contributed by atoms with E-state index < -0.39 is 0 Å². The summed E-state index contributed by atoms with van der Waals surface area (Å²) in [6, 6.07) is 8.35. The maximum atomic E-state index is 6.29. The number of nitrogens with zero attached hydrogens (tertiary/aromatic N) is 1. The molecule has 0 amide bonds. The van der Waals surface area contributed by atoms with E-state index in [0.29, 0.717) is 0 Å². The SMILES string of the molecule is CCCC1(c2cccc(OC)c2)CCN(C)CCO1. The Labute approximate surface area is 116 Å². The first kappa shape index (κ1) is 14.4. The Balaban J connectivity index is 2.31. The van der Waals surface area contributed by atoms with E-state index in [-0.39, 0.29) is 5.60 Å². The molecule has 0 radical (unpaired) electrons.